The number of pyridine rings is 1. The van der Waals surface area contributed by atoms with Crippen molar-refractivity contribution < 1.29 is 19.1 Å². The number of anilines is 1. The van der Waals surface area contributed by atoms with Crippen LogP contribution < -0.4 is 16.6 Å². The van der Waals surface area contributed by atoms with Crippen molar-refractivity contribution in [1.82, 2.24) is 9.88 Å². The van der Waals surface area contributed by atoms with Crippen molar-refractivity contribution >= 4 is 23.6 Å². The summed E-state index contributed by atoms with van der Waals surface area (Å²) in [5.74, 6) is -2.23. The highest BCUT2D eigenvalue weighted by Crippen LogP contribution is 2.25. The lowest BCUT2D eigenvalue weighted by Crippen LogP contribution is -2.25. The van der Waals surface area contributed by atoms with Gasteiger partial charge in [0.05, 0.1) is 29.5 Å². The Hall–Kier alpha value is -3.42. The number of hydrogen-bond acceptors (Lipinski definition) is 6. The van der Waals surface area contributed by atoms with Crippen molar-refractivity contribution in [3.05, 3.63) is 56.9 Å². The van der Waals surface area contributed by atoms with E-state index in [4.69, 9.17) is 10.5 Å². The van der Waals surface area contributed by atoms with Gasteiger partial charge in [-0.3, -0.25) is 24.3 Å². The molecule has 3 rings (SSSR count). The number of benzene rings is 1. The number of carbonyl (C=O) groups is 3. The quantitative estimate of drug-likeness (QED) is 0.608. The second-order valence-electron chi connectivity index (χ2n) is 5.29. The second-order valence-corrected chi connectivity index (χ2v) is 5.29. The molecule has 0 saturated carbocycles. The first-order valence-corrected chi connectivity index (χ1v) is 6.95. The van der Waals surface area contributed by atoms with E-state index in [1.54, 1.807) is 19.1 Å². The third-order valence-corrected chi connectivity index (χ3v) is 3.75. The molecule has 1 aromatic heterocycles. The van der Waals surface area contributed by atoms with Gasteiger partial charge in [-0.05, 0) is 19.1 Å². The summed E-state index contributed by atoms with van der Waals surface area (Å²) in [6, 6.07) is 5.78. The second kappa shape index (κ2) is 5.34. The maximum absolute atomic E-state index is 12.4. The molecule has 2 aromatic rings. The van der Waals surface area contributed by atoms with E-state index in [1.165, 1.54) is 13.2 Å². The SMILES string of the molecule is COC(=O)c1cc(C)ccc1-n1c(N)c2c(cc1=O)C(=O)NC2=O. The minimum Gasteiger partial charge on any atom is -0.465 e. The van der Waals surface area contributed by atoms with Gasteiger partial charge in [-0.2, -0.15) is 0 Å². The molecule has 0 saturated heterocycles. The normalized spacial score (nSPS) is 12.8. The van der Waals surface area contributed by atoms with Gasteiger partial charge in [-0.1, -0.05) is 11.6 Å². The lowest BCUT2D eigenvalue weighted by Gasteiger charge is -2.15. The number of aromatic nitrogens is 1. The number of nitrogen functional groups attached to an aromatic ring is 1. The van der Waals surface area contributed by atoms with Crippen LogP contribution >= 0.6 is 0 Å². The summed E-state index contributed by atoms with van der Waals surface area (Å²) in [5, 5.41) is 2.08. The van der Waals surface area contributed by atoms with Crippen LogP contribution in [0.25, 0.3) is 5.69 Å². The number of imide groups is 1. The van der Waals surface area contributed by atoms with Gasteiger partial charge in [0.2, 0.25) is 0 Å². The van der Waals surface area contributed by atoms with E-state index in [2.05, 4.69) is 5.32 Å². The minimum absolute atomic E-state index is 0.0783. The van der Waals surface area contributed by atoms with Crippen LogP contribution in [0.5, 0.6) is 0 Å². The number of aryl methyl sites for hydroxylation is 1. The first-order chi connectivity index (χ1) is 11.3. The number of hydrogen-bond donors (Lipinski definition) is 2. The molecule has 2 heterocycles. The van der Waals surface area contributed by atoms with E-state index in [0.29, 0.717) is 0 Å². The lowest BCUT2D eigenvalue weighted by atomic mass is 10.1. The Balaban J connectivity index is 2.36. The highest BCUT2D eigenvalue weighted by Gasteiger charge is 2.32. The summed E-state index contributed by atoms with van der Waals surface area (Å²) in [6.07, 6.45) is 0. The summed E-state index contributed by atoms with van der Waals surface area (Å²) >= 11 is 0. The van der Waals surface area contributed by atoms with Gasteiger partial charge in [-0.25, -0.2) is 4.79 Å². The summed E-state index contributed by atoms with van der Waals surface area (Å²) in [5.41, 5.74) is 6.24. The maximum atomic E-state index is 12.4. The highest BCUT2D eigenvalue weighted by atomic mass is 16.5. The fraction of sp³-hybridized carbons (Fsp3) is 0.125. The molecule has 0 fully saturated rings. The molecular weight excluding hydrogens is 314 g/mol. The van der Waals surface area contributed by atoms with Gasteiger partial charge in [0.25, 0.3) is 17.4 Å². The van der Waals surface area contributed by atoms with Crippen LogP contribution in [0.15, 0.2) is 29.1 Å². The van der Waals surface area contributed by atoms with Crippen molar-refractivity contribution in [1.29, 1.82) is 0 Å². The molecule has 122 valence electrons. The number of nitrogens with zero attached hydrogens (tertiary/aromatic N) is 1. The van der Waals surface area contributed by atoms with Gasteiger partial charge < -0.3 is 10.5 Å². The summed E-state index contributed by atoms with van der Waals surface area (Å²) in [4.78, 5) is 48.0. The van der Waals surface area contributed by atoms with Crippen LogP contribution in [-0.2, 0) is 4.74 Å². The predicted octanol–water partition coefficient (Wildman–Crippen LogP) is 0.398. The highest BCUT2D eigenvalue weighted by molar-refractivity contribution is 6.23. The van der Waals surface area contributed by atoms with E-state index in [1.807, 2.05) is 0 Å². The van der Waals surface area contributed by atoms with Crippen molar-refractivity contribution in [2.75, 3.05) is 12.8 Å². The van der Waals surface area contributed by atoms with Gasteiger partial charge in [-0.15, -0.1) is 0 Å². The minimum atomic E-state index is -0.687. The zero-order chi connectivity index (χ0) is 17.6. The zero-order valence-electron chi connectivity index (χ0n) is 12.9. The molecule has 0 aliphatic carbocycles. The number of ether oxygens (including phenoxy) is 1. The lowest BCUT2D eigenvalue weighted by molar-refractivity contribution is 0.0600. The number of nitrogens with two attached hydrogens (primary N) is 1. The average Bonchev–Trinajstić information content (AvgIpc) is 2.82. The van der Waals surface area contributed by atoms with E-state index < -0.39 is 23.3 Å². The Labute approximate surface area is 135 Å². The first kappa shape index (κ1) is 15.5. The van der Waals surface area contributed by atoms with Crippen molar-refractivity contribution in [3.63, 3.8) is 0 Å². The molecule has 1 aliphatic heterocycles. The predicted molar refractivity (Wildman–Crippen MR) is 84.3 cm³/mol. The number of esters is 1. The number of rotatable bonds is 2. The molecule has 8 heteroatoms. The number of carbonyl (C=O) groups excluding carboxylic acids is 3. The Kier molecular flexibility index (Phi) is 3.44. The third kappa shape index (κ3) is 2.16. The van der Waals surface area contributed by atoms with Gasteiger partial charge in [0.1, 0.15) is 5.82 Å². The molecule has 8 nitrogen and oxygen atoms in total. The molecule has 3 N–H and O–H groups in total. The number of amides is 2. The molecule has 0 spiro atoms. The topological polar surface area (TPSA) is 120 Å². The van der Waals surface area contributed by atoms with Crippen LogP contribution in [0.2, 0.25) is 0 Å². The Morgan fingerprint density at radius 1 is 1.17 bits per heavy atom. The van der Waals surface area contributed by atoms with E-state index in [-0.39, 0.29) is 28.2 Å². The van der Waals surface area contributed by atoms with E-state index in [0.717, 1.165) is 16.2 Å². The summed E-state index contributed by atoms with van der Waals surface area (Å²) in [7, 11) is 1.22. The Bertz CT molecular complexity index is 974. The molecule has 1 aromatic carbocycles. The van der Waals surface area contributed by atoms with Crippen molar-refractivity contribution in [2.24, 2.45) is 0 Å². The Morgan fingerprint density at radius 2 is 1.88 bits per heavy atom. The standard InChI is InChI=1S/C16H13N3O5/c1-7-3-4-10(8(5-7)16(23)24-2)19-11(20)6-9-12(13(19)17)15(22)18-14(9)21/h3-6H,17H2,1-2H3,(H,18,21,22). The third-order valence-electron chi connectivity index (χ3n) is 3.75. The van der Waals surface area contributed by atoms with Gasteiger partial charge >= 0.3 is 5.97 Å². The van der Waals surface area contributed by atoms with Gasteiger partial charge in [0.15, 0.2) is 0 Å². The first-order valence-electron chi connectivity index (χ1n) is 6.95. The average molecular weight is 327 g/mol. The Morgan fingerprint density at radius 3 is 2.54 bits per heavy atom. The molecular formula is C16H13N3O5. The largest absolute Gasteiger partial charge is 0.465 e. The smallest absolute Gasteiger partial charge is 0.340 e. The van der Waals surface area contributed by atoms with E-state index in [9.17, 15) is 19.2 Å². The molecule has 24 heavy (non-hydrogen) atoms. The molecule has 2 amide bonds. The van der Waals surface area contributed by atoms with Crippen LogP contribution in [0.3, 0.4) is 0 Å². The molecule has 0 radical (unpaired) electrons. The van der Waals surface area contributed by atoms with Crippen molar-refractivity contribution in [3.8, 4) is 5.69 Å². The fourth-order valence-corrected chi connectivity index (χ4v) is 2.65. The molecule has 0 bridgehead atoms. The molecule has 0 atom stereocenters. The van der Waals surface area contributed by atoms with Crippen LogP contribution in [0, 0.1) is 6.92 Å². The number of nitrogens with one attached hydrogen (secondary N) is 1. The fourth-order valence-electron chi connectivity index (χ4n) is 2.65. The van der Waals surface area contributed by atoms with E-state index >= 15 is 0 Å². The van der Waals surface area contributed by atoms with Crippen LogP contribution in [-0.4, -0.2) is 29.5 Å². The monoisotopic (exact) mass is 327 g/mol. The van der Waals surface area contributed by atoms with Crippen molar-refractivity contribution in [2.45, 2.75) is 6.92 Å². The zero-order valence-corrected chi connectivity index (χ0v) is 12.9. The van der Waals surface area contributed by atoms with Gasteiger partial charge in [0, 0.05) is 6.07 Å². The number of fused-ring (bicyclic) bond motifs is 1. The molecule has 1 aliphatic rings. The molecule has 0 unspecified atom stereocenters. The van der Waals surface area contributed by atoms with Crippen LogP contribution in [0.1, 0.15) is 36.6 Å². The van der Waals surface area contributed by atoms with Crippen LogP contribution in [0.4, 0.5) is 5.82 Å². The summed E-state index contributed by atoms with van der Waals surface area (Å²) in [6.45, 7) is 1.77. The number of methoxy groups -OCH3 is 1. The summed E-state index contributed by atoms with van der Waals surface area (Å²) < 4.78 is 5.75. The maximum Gasteiger partial charge on any atom is 0.340 e.